The first kappa shape index (κ1) is 20.7. The summed E-state index contributed by atoms with van der Waals surface area (Å²) in [5, 5.41) is 3.69. The first-order valence-electron chi connectivity index (χ1n) is 10.3. The summed E-state index contributed by atoms with van der Waals surface area (Å²) in [6.07, 6.45) is 1.11. The number of hydrogen-bond donors (Lipinski definition) is 1. The molecule has 0 amide bonds. The standard InChI is InChI=1S/C23H34N4O/c1-17-14-27(15-18-9-7-6-8-10-18)12-11-20(17)25-21-13-19(16-28-5)24-22(26-21)23(2,3)4/h6-10,13,17,20H,11-12,14-16H2,1-5H3,(H,24,25,26). The molecule has 1 aromatic heterocycles. The summed E-state index contributed by atoms with van der Waals surface area (Å²) >= 11 is 0. The Morgan fingerprint density at radius 1 is 1.18 bits per heavy atom. The van der Waals surface area contributed by atoms with Gasteiger partial charge in [-0.3, -0.25) is 4.90 Å². The molecule has 28 heavy (non-hydrogen) atoms. The zero-order valence-electron chi connectivity index (χ0n) is 17.9. The predicted molar refractivity (Wildman–Crippen MR) is 114 cm³/mol. The van der Waals surface area contributed by atoms with Crippen LogP contribution in [0.4, 0.5) is 5.82 Å². The van der Waals surface area contributed by atoms with Gasteiger partial charge in [0.05, 0.1) is 12.3 Å². The van der Waals surface area contributed by atoms with Crippen LogP contribution in [0.2, 0.25) is 0 Å². The van der Waals surface area contributed by atoms with Crippen molar-refractivity contribution in [2.45, 2.75) is 58.7 Å². The number of hydrogen-bond acceptors (Lipinski definition) is 5. The SMILES string of the molecule is COCc1cc(NC2CCN(Cc3ccccc3)CC2C)nc(C(C)(C)C)n1. The fourth-order valence-electron chi connectivity index (χ4n) is 3.75. The normalized spacial score (nSPS) is 20.9. The summed E-state index contributed by atoms with van der Waals surface area (Å²) in [5.41, 5.74) is 2.22. The van der Waals surface area contributed by atoms with Crippen LogP contribution < -0.4 is 5.32 Å². The molecule has 1 fully saturated rings. The van der Waals surface area contributed by atoms with E-state index in [1.165, 1.54) is 5.56 Å². The molecular weight excluding hydrogens is 348 g/mol. The molecule has 1 aromatic carbocycles. The van der Waals surface area contributed by atoms with Gasteiger partial charge in [0, 0.05) is 44.3 Å². The summed E-state index contributed by atoms with van der Waals surface area (Å²) < 4.78 is 5.31. The zero-order chi connectivity index (χ0) is 20.1. The molecule has 2 heterocycles. The number of methoxy groups -OCH3 is 1. The van der Waals surface area contributed by atoms with Gasteiger partial charge < -0.3 is 10.1 Å². The largest absolute Gasteiger partial charge is 0.378 e. The second-order valence-electron chi connectivity index (χ2n) is 8.99. The Hall–Kier alpha value is -1.98. The summed E-state index contributed by atoms with van der Waals surface area (Å²) in [7, 11) is 1.70. The van der Waals surface area contributed by atoms with Crippen LogP contribution in [-0.2, 0) is 23.3 Å². The van der Waals surface area contributed by atoms with Gasteiger partial charge in [-0.05, 0) is 17.9 Å². The Morgan fingerprint density at radius 2 is 1.93 bits per heavy atom. The van der Waals surface area contributed by atoms with E-state index in [2.05, 4.69) is 73.2 Å². The predicted octanol–water partition coefficient (Wildman–Crippen LogP) is 4.24. The van der Waals surface area contributed by atoms with Gasteiger partial charge in [0.2, 0.25) is 0 Å². The van der Waals surface area contributed by atoms with Crippen molar-refractivity contribution in [2.75, 3.05) is 25.5 Å². The minimum atomic E-state index is -0.0924. The molecule has 3 rings (SSSR count). The molecule has 5 heteroatoms. The molecule has 1 aliphatic rings. The number of rotatable bonds is 6. The van der Waals surface area contributed by atoms with E-state index in [4.69, 9.17) is 9.72 Å². The number of nitrogens with zero attached hydrogens (tertiary/aromatic N) is 3. The highest BCUT2D eigenvalue weighted by Crippen LogP contribution is 2.25. The molecule has 0 spiro atoms. The molecule has 1 N–H and O–H groups in total. The van der Waals surface area contributed by atoms with Crippen molar-refractivity contribution < 1.29 is 4.74 Å². The van der Waals surface area contributed by atoms with Gasteiger partial charge in [0.25, 0.3) is 0 Å². The summed E-state index contributed by atoms with van der Waals surface area (Å²) in [5.74, 6) is 2.33. The monoisotopic (exact) mass is 382 g/mol. The third kappa shape index (κ3) is 5.52. The van der Waals surface area contributed by atoms with Crippen molar-refractivity contribution in [2.24, 2.45) is 5.92 Å². The van der Waals surface area contributed by atoms with E-state index in [0.29, 0.717) is 18.6 Å². The molecule has 5 nitrogen and oxygen atoms in total. The number of anilines is 1. The van der Waals surface area contributed by atoms with Gasteiger partial charge in [0.15, 0.2) is 0 Å². The maximum absolute atomic E-state index is 5.31. The van der Waals surface area contributed by atoms with E-state index >= 15 is 0 Å². The molecular formula is C23H34N4O. The van der Waals surface area contributed by atoms with E-state index in [1.807, 2.05) is 6.07 Å². The number of nitrogens with one attached hydrogen (secondary N) is 1. The number of ether oxygens (including phenoxy) is 1. The molecule has 0 saturated carbocycles. The fourth-order valence-corrected chi connectivity index (χ4v) is 3.75. The Bertz CT molecular complexity index is 757. The van der Waals surface area contributed by atoms with E-state index in [1.54, 1.807) is 7.11 Å². The Balaban J connectivity index is 1.66. The van der Waals surface area contributed by atoms with E-state index < -0.39 is 0 Å². The maximum atomic E-state index is 5.31. The van der Waals surface area contributed by atoms with Crippen LogP contribution in [0.5, 0.6) is 0 Å². The summed E-state index contributed by atoms with van der Waals surface area (Å²) in [6.45, 7) is 12.5. The summed E-state index contributed by atoms with van der Waals surface area (Å²) in [6, 6.07) is 13.2. The summed E-state index contributed by atoms with van der Waals surface area (Å²) in [4.78, 5) is 12.0. The topological polar surface area (TPSA) is 50.3 Å². The van der Waals surface area contributed by atoms with Gasteiger partial charge in [-0.15, -0.1) is 0 Å². The molecule has 0 radical (unpaired) electrons. The number of likely N-dealkylation sites (tertiary alicyclic amines) is 1. The van der Waals surface area contributed by atoms with Gasteiger partial charge in [-0.1, -0.05) is 58.0 Å². The zero-order valence-corrected chi connectivity index (χ0v) is 17.9. The Morgan fingerprint density at radius 3 is 2.57 bits per heavy atom. The smallest absolute Gasteiger partial charge is 0.136 e. The number of aromatic nitrogens is 2. The molecule has 2 unspecified atom stereocenters. The lowest BCUT2D eigenvalue weighted by Gasteiger charge is -2.37. The average Bonchev–Trinajstić information content (AvgIpc) is 2.64. The van der Waals surface area contributed by atoms with E-state index in [9.17, 15) is 0 Å². The first-order valence-corrected chi connectivity index (χ1v) is 10.3. The van der Waals surface area contributed by atoms with Gasteiger partial charge >= 0.3 is 0 Å². The van der Waals surface area contributed by atoms with Gasteiger partial charge in [0.1, 0.15) is 11.6 Å². The molecule has 1 aliphatic heterocycles. The average molecular weight is 383 g/mol. The first-order chi connectivity index (χ1) is 13.3. The Kier molecular flexibility index (Phi) is 6.68. The highest BCUT2D eigenvalue weighted by Gasteiger charge is 2.27. The van der Waals surface area contributed by atoms with Crippen molar-refractivity contribution in [3.05, 3.63) is 53.5 Å². The molecule has 2 atom stereocenters. The van der Waals surface area contributed by atoms with E-state index in [-0.39, 0.29) is 5.41 Å². The van der Waals surface area contributed by atoms with Crippen molar-refractivity contribution in [1.29, 1.82) is 0 Å². The fraction of sp³-hybridized carbons (Fsp3) is 0.565. The second-order valence-corrected chi connectivity index (χ2v) is 8.99. The lowest BCUT2D eigenvalue weighted by Crippen LogP contribution is -2.45. The van der Waals surface area contributed by atoms with Crippen LogP contribution in [0.3, 0.4) is 0 Å². The highest BCUT2D eigenvalue weighted by atomic mass is 16.5. The molecule has 1 saturated heterocycles. The van der Waals surface area contributed by atoms with Crippen LogP contribution >= 0.6 is 0 Å². The third-order valence-electron chi connectivity index (χ3n) is 5.31. The number of benzene rings is 1. The van der Waals surface area contributed by atoms with Crippen molar-refractivity contribution in [3.8, 4) is 0 Å². The van der Waals surface area contributed by atoms with Crippen LogP contribution in [0.15, 0.2) is 36.4 Å². The molecule has 0 aliphatic carbocycles. The van der Waals surface area contributed by atoms with Crippen molar-refractivity contribution >= 4 is 5.82 Å². The van der Waals surface area contributed by atoms with Crippen molar-refractivity contribution in [1.82, 2.24) is 14.9 Å². The van der Waals surface area contributed by atoms with Crippen LogP contribution in [-0.4, -0.2) is 41.1 Å². The Labute approximate surface area is 169 Å². The van der Waals surface area contributed by atoms with Gasteiger partial charge in [-0.2, -0.15) is 0 Å². The van der Waals surface area contributed by atoms with Crippen LogP contribution in [0, 0.1) is 5.92 Å². The lowest BCUT2D eigenvalue weighted by molar-refractivity contribution is 0.164. The second kappa shape index (κ2) is 9.01. The molecule has 152 valence electrons. The highest BCUT2D eigenvalue weighted by molar-refractivity contribution is 5.38. The maximum Gasteiger partial charge on any atom is 0.136 e. The van der Waals surface area contributed by atoms with Crippen LogP contribution in [0.1, 0.15) is 51.2 Å². The minimum Gasteiger partial charge on any atom is -0.378 e. The van der Waals surface area contributed by atoms with E-state index in [0.717, 1.165) is 43.4 Å². The lowest BCUT2D eigenvalue weighted by atomic mass is 9.93. The molecule has 2 aromatic rings. The van der Waals surface area contributed by atoms with Gasteiger partial charge in [-0.25, -0.2) is 9.97 Å². The number of piperidine rings is 1. The minimum absolute atomic E-state index is 0.0924. The van der Waals surface area contributed by atoms with Crippen LogP contribution in [0.25, 0.3) is 0 Å². The molecule has 0 bridgehead atoms. The van der Waals surface area contributed by atoms with Crippen molar-refractivity contribution in [3.63, 3.8) is 0 Å². The third-order valence-corrected chi connectivity index (χ3v) is 5.31. The quantitative estimate of drug-likeness (QED) is 0.810.